The van der Waals surface area contributed by atoms with Crippen molar-refractivity contribution in [2.75, 3.05) is 27.9 Å². The van der Waals surface area contributed by atoms with Crippen molar-refractivity contribution < 1.29 is 24.1 Å². The van der Waals surface area contributed by atoms with Crippen molar-refractivity contribution >= 4 is 5.97 Å². The van der Waals surface area contributed by atoms with Gasteiger partial charge in [-0.25, -0.2) is 4.79 Å². The Labute approximate surface area is 105 Å². The number of methoxy groups -OCH3 is 3. The van der Waals surface area contributed by atoms with Gasteiger partial charge in [0, 0.05) is 7.11 Å². The third kappa shape index (κ3) is 3.15. The molecule has 0 aliphatic rings. The molecule has 5 heteroatoms. The molecule has 0 spiro atoms. The number of hydrogen-bond acceptors (Lipinski definition) is 5. The van der Waals surface area contributed by atoms with Crippen molar-refractivity contribution in [2.24, 2.45) is 0 Å². The number of carbonyl (C=O) groups is 1. The third-order valence-electron chi connectivity index (χ3n) is 2.16. The van der Waals surface area contributed by atoms with Gasteiger partial charge in [0.2, 0.25) is 0 Å². The van der Waals surface area contributed by atoms with Gasteiger partial charge in [-0.2, -0.15) is 0 Å². The van der Waals surface area contributed by atoms with Crippen molar-refractivity contribution in [3.05, 3.63) is 23.3 Å². The lowest BCUT2D eigenvalue weighted by Gasteiger charge is -2.07. The molecule has 0 saturated heterocycles. The van der Waals surface area contributed by atoms with Gasteiger partial charge in [-0.15, -0.1) is 0 Å². The van der Waals surface area contributed by atoms with Crippen LogP contribution in [0.1, 0.15) is 15.9 Å². The molecule has 1 N–H and O–H groups in total. The lowest BCUT2D eigenvalue weighted by atomic mass is 10.1. The maximum atomic E-state index is 11.4. The van der Waals surface area contributed by atoms with E-state index in [2.05, 4.69) is 16.6 Å². The number of esters is 1. The van der Waals surface area contributed by atoms with Gasteiger partial charge in [-0.3, -0.25) is 0 Å². The van der Waals surface area contributed by atoms with E-state index in [9.17, 15) is 9.90 Å². The molecular weight excluding hydrogens is 236 g/mol. The number of aromatic hydroxyl groups is 1. The highest BCUT2D eigenvalue weighted by Gasteiger charge is 2.14. The molecular formula is C13H14O5. The minimum Gasteiger partial charge on any atom is -0.503 e. The van der Waals surface area contributed by atoms with E-state index in [1.807, 2.05) is 0 Å². The van der Waals surface area contributed by atoms with Crippen LogP contribution < -0.4 is 4.74 Å². The van der Waals surface area contributed by atoms with E-state index in [-0.39, 0.29) is 29.2 Å². The molecule has 5 nitrogen and oxygen atoms in total. The van der Waals surface area contributed by atoms with Gasteiger partial charge in [0.15, 0.2) is 11.5 Å². The first-order valence-corrected chi connectivity index (χ1v) is 5.11. The fourth-order valence-corrected chi connectivity index (χ4v) is 1.30. The average molecular weight is 250 g/mol. The summed E-state index contributed by atoms with van der Waals surface area (Å²) in [4.78, 5) is 11.4. The second-order valence-electron chi connectivity index (χ2n) is 3.30. The summed E-state index contributed by atoms with van der Waals surface area (Å²) in [7, 11) is 4.18. The van der Waals surface area contributed by atoms with Crippen molar-refractivity contribution in [2.45, 2.75) is 0 Å². The smallest absolute Gasteiger partial charge is 0.338 e. The van der Waals surface area contributed by atoms with Crippen LogP contribution in [-0.2, 0) is 9.47 Å². The number of benzene rings is 1. The molecule has 1 rings (SSSR count). The van der Waals surface area contributed by atoms with Crippen molar-refractivity contribution in [3.8, 4) is 23.3 Å². The quantitative estimate of drug-likeness (QED) is 0.644. The zero-order chi connectivity index (χ0) is 13.5. The first kappa shape index (κ1) is 13.9. The van der Waals surface area contributed by atoms with Gasteiger partial charge in [0.25, 0.3) is 0 Å². The van der Waals surface area contributed by atoms with Gasteiger partial charge in [-0.1, -0.05) is 11.8 Å². The Morgan fingerprint density at radius 2 is 2.06 bits per heavy atom. The molecule has 0 unspecified atom stereocenters. The Bertz CT molecular complexity index is 496. The Kier molecular flexibility index (Phi) is 5.03. The van der Waals surface area contributed by atoms with Crippen LogP contribution in [0.2, 0.25) is 0 Å². The molecule has 1 aromatic carbocycles. The lowest BCUT2D eigenvalue weighted by Crippen LogP contribution is -2.02. The minimum atomic E-state index is -0.525. The number of carbonyl (C=O) groups excluding carboxylic acids is 1. The highest BCUT2D eigenvalue weighted by atomic mass is 16.5. The fraction of sp³-hybridized carbons (Fsp3) is 0.308. The van der Waals surface area contributed by atoms with Crippen LogP contribution in [0.15, 0.2) is 12.1 Å². The van der Waals surface area contributed by atoms with E-state index in [4.69, 9.17) is 9.47 Å². The van der Waals surface area contributed by atoms with Gasteiger partial charge in [0.05, 0.1) is 25.3 Å². The van der Waals surface area contributed by atoms with Crippen molar-refractivity contribution in [1.29, 1.82) is 0 Å². The molecule has 0 atom stereocenters. The maximum absolute atomic E-state index is 11.4. The molecule has 96 valence electrons. The summed E-state index contributed by atoms with van der Waals surface area (Å²) in [6, 6.07) is 2.83. The molecule has 0 aliphatic heterocycles. The number of hydrogen-bond donors (Lipinski definition) is 1. The number of phenolic OH excluding ortho intramolecular Hbond substituents is 1. The fourth-order valence-electron chi connectivity index (χ4n) is 1.30. The summed E-state index contributed by atoms with van der Waals surface area (Å²) in [5.74, 6) is 4.91. The van der Waals surface area contributed by atoms with Crippen LogP contribution in [0.5, 0.6) is 11.5 Å². The van der Waals surface area contributed by atoms with E-state index in [0.717, 1.165) is 0 Å². The number of ether oxygens (including phenoxy) is 3. The molecule has 1 aromatic rings. The predicted molar refractivity (Wildman–Crippen MR) is 64.8 cm³/mol. The van der Waals surface area contributed by atoms with Crippen LogP contribution in [0, 0.1) is 11.8 Å². The summed E-state index contributed by atoms with van der Waals surface area (Å²) in [5.41, 5.74) is 0.542. The largest absolute Gasteiger partial charge is 0.503 e. The molecule has 0 aromatic heterocycles. The van der Waals surface area contributed by atoms with Gasteiger partial charge in [0.1, 0.15) is 6.61 Å². The SMILES string of the molecule is COCC#Cc1cc(C(=O)OC)cc(OC)c1O. The highest BCUT2D eigenvalue weighted by Crippen LogP contribution is 2.31. The summed E-state index contributed by atoms with van der Waals surface area (Å²) in [6.07, 6.45) is 0. The van der Waals surface area contributed by atoms with Gasteiger partial charge < -0.3 is 19.3 Å². The zero-order valence-corrected chi connectivity index (χ0v) is 10.4. The van der Waals surface area contributed by atoms with Gasteiger partial charge >= 0.3 is 5.97 Å². The van der Waals surface area contributed by atoms with Crippen molar-refractivity contribution in [3.63, 3.8) is 0 Å². The molecule has 18 heavy (non-hydrogen) atoms. The monoisotopic (exact) mass is 250 g/mol. The Morgan fingerprint density at radius 1 is 1.33 bits per heavy atom. The highest BCUT2D eigenvalue weighted by molar-refractivity contribution is 5.91. The number of phenols is 1. The maximum Gasteiger partial charge on any atom is 0.338 e. The Hall–Kier alpha value is -2.19. The molecule has 0 aliphatic carbocycles. The molecule has 0 radical (unpaired) electrons. The molecule has 0 saturated carbocycles. The molecule has 0 fully saturated rings. The molecule has 0 heterocycles. The van der Waals surface area contributed by atoms with Crippen molar-refractivity contribution in [1.82, 2.24) is 0 Å². The topological polar surface area (TPSA) is 65.0 Å². The first-order chi connectivity index (χ1) is 8.63. The lowest BCUT2D eigenvalue weighted by molar-refractivity contribution is 0.0600. The van der Waals surface area contributed by atoms with E-state index in [0.29, 0.717) is 0 Å². The van der Waals surface area contributed by atoms with Crippen LogP contribution in [-0.4, -0.2) is 39.0 Å². The second-order valence-corrected chi connectivity index (χ2v) is 3.30. The standard InChI is InChI=1S/C13H14O5/c1-16-6-4-5-9-7-10(13(15)18-3)8-11(17-2)12(9)14/h7-8,14H,6H2,1-3H3. The second kappa shape index (κ2) is 6.52. The van der Waals surface area contributed by atoms with Crippen LogP contribution in [0.3, 0.4) is 0 Å². The zero-order valence-electron chi connectivity index (χ0n) is 10.4. The molecule has 0 bridgehead atoms. The Balaban J connectivity index is 3.24. The summed E-state index contributed by atoms with van der Waals surface area (Å²) in [6.45, 7) is 0.226. The van der Waals surface area contributed by atoms with Crippen LogP contribution >= 0.6 is 0 Å². The first-order valence-electron chi connectivity index (χ1n) is 5.11. The van der Waals surface area contributed by atoms with E-state index < -0.39 is 5.97 Å². The predicted octanol–water partition coefficient (Wildman–Crippen LogP) is 1.19. The van der Waals surface area contributed by atoms with E-state index >= 15 is 0 Å². The van der Waals surface area contributed by atoms with Gasteiger partial charge in [-0.05, 0) is 12.1 Å². The van der Waals surface area contributed by atoms with E-state index in [1.54, 1.807) is 0 Å². The summed E-state index contributed by atoms with van der Waals surface area (Å²) < 4.78 is 14.4. The van der Waals surface area contributed by atoms with Crippen LogP contribution in [0.4, 0.5) is 0 Å². The normalized spacial score (nSPS) is 9.28. The third-order valence-corrected chi connectivity index (χ3v) is 2.16. The number of rotatable bonds is 3. The summed E-state index contributed by atoms with van der Waals surface area (Å²) >= 11 is 0. The summed E-state index contributed by atoms with van der Waals surface area (Å²) in [5, 5.41) is 9.85. The Morgan fingerprint density at radius 3 is 2.61 bits per heavy atom. The van der Waals surface area contributed by atoms with Crippen LogP contribution in [0.25, 0.3) is 0 Å². The molecule has 0 amide bonds. The minimum absolute atomic E-state index is 0.117. The van der Waals surface area contributed by atoms with E-state index in [1.165, 1.54) is 33.5 Å². The average Bonchev–Trinajstić information content (AvgIpc) is 2.40.